The molecule has 0 bridgehead atoms. The third-order valence-corrected chi connectivity index (χ3v) is 4.92. The first kappa shape index (κ1) is 17.4. The normalized spacial score (nSPS) is 15.9. The Morgan fingerprint density at radius 2 is 2.11 bits per heavy atom. The van der Waals surface area contributed by atoms with Crippen molar-refractivity contribution in [1.82, 2.24) is 20.5 Å². The summed E-state index contributed by atoms with van der Waals surface area (Å²) in [6.45, 7) is 1.81. The number of allylic oxidation sites excluding steroid dienone is 1. The molecule has 0 saturated carbocycles. The van der Waals surface area contributed by atoms with E-state index in [9.17, 15) is 4.79 Å². The van der Waals surface area contributed by atoms with E-state index in [1.54, 1.807) is 48.3 Å². The number of tetrazole rings is 1. The number of amides is 1. The SMILES string of the molecule is CC1=C(C(=O)Nc2cccnc2)C(c2ccc(Cl)c(Cl)c2)[n+]2[nH]nnc2N1. The van der Waals surface area contributed by atoms with Crippen molar-refractivity contribution in [2.75, 3.05) is 10.6 Å². The quantitative estimate of drug-likeness (QED) is 0.584. The third-order valence-electron chi connectivity index (χ3n) is 4.18. The number of hydrogen-bond donors (Lipinski definition) is 3. The van der Waals surface area contributed by atoms with Gasteiger partial charge in [-0.1, -0.05) is 29.3 Å². The molecule has 3 N–H and O–H groups in total. The number of pyridine rings is 1. The van der Waals surface area contributed by atoms with E-state index in [1.165, 1.54) is 0 Å². The highest BCUT2D eigenvalue weighted by molar-refractivity contribution is 6.42. The summed E-state index contributed by atoms with van der Waals surface area (Å²) in [6.07, 6.45) is 3.22. The highest BCUT2D eigenvalue weighted by atomic mass is 35.5. The van der Waals surface area contributed by atoms with Gasteiger partial charge in [-0.05, 0) is 36.8 Å². The Morgan fingerprint density at radius 1 is 1.26 bits per heavy atom. The number of fused-ring (bicyclic) bond motifs is 1. The number of nitrogens with one attached hydrogen (secondary N) is 3. The summed E-state index contributed by atoms with van der Waals surface area (Å²) in [4.78, 5) is 17.1. The van der Waals surface area contributed by atoms with Crippen molar-refractivity contribution in [3.05, 3.63) is 69.6 Å². The van der Waals surface area contributed by atoms with E-state index in [0.717, 1.165) is 5.56 Å². The van der Waals surface area contributed by atoms with Gasteiger partial charge in [-0.15, -0.1) is 9.90 Å². The number of hydrogen-bond acceptors (Lipinski definition) is 5. The highest BCUT2D eigenvalue weighted by Crippen LogP contribution is 2.32. The molecular formula is C17H14Cl2N7O+. The monoisotopic (exact) mass is 402 g/mol. The van der Waals surface area contributed by atoms with Gasteiger partial charge in [-0.3, -0.25) is 15.1 Å². The van der Waals surface area contributed by atoms with Gasteiger partial charge in [0, 0.05) is 6.20 Å². The maximum absolute atomic E-state index is 13.1. The predicted molar refractivity (Wildman–Crippen MR) is 100 cm³/mol. The second kappa shape index (κ2) is 6.98. The van der Waals surface area contributed by atoms with E-state index in [1.807, 2.05) is 6.07 Å². The van der Waals surface area contributed by atoms with Gasteiger partial charge in [0.05, 0.1) is 38.3 Å². The van der Waals surface area contributed by atoms with Crippen molar-refractivity contribution in [3.8, 4) is 0 Å². The summed E-state index contributed by atoms with van der Waals surface area (Å²) in [5, 5.41) is 17.4. The molecule has 1 amide bonds. The Labute approximate surface area is 164 Å². The summed E-state index contributed by atoms with van der Waals surface area (Å²) in [5.41, 5.74) is 2.50. The van der Waals surface area contributed by atoms with Gasteiger partial charge >= 0.3 is 5.95 Å². The van der Waals surface area contributed by atoms with Crippen molar-refractivity contribution in [1.29, 1.82) is 0 Å². The average molecular weight is 403 g/mol. The van der Waals surface area contributed by atoms with Crippen LogP contribution in [0.2, 0.25) is 10.0 Å². The number of rotatable bonds is 3. The van der Waals surface area contributed by atoms with Crippen molar-refractivity contribution < 1.29 is 9.48 Å². The Hall–Kier alpha value is -2.97. The van der Waals surface area contributed by atoms with Gasteiger partial charge in [-0.2, -0.15) is 0 Å². The molecule has 0 radical (unpaired) electrons. The number of anilines is 2. The van der Waals surface area contributed by atoms with Crippen LogP contribution in [0.1, 0.15) is 18.5 Å². The van der Waals surface area contributed by atoms with Crippen LogP contribution in [0.3, 0.4) is 0 Å². The van der Waals surface area contributed by atoms with Crippen LogP contribution in [0, 0.1) is 0 Å². The van der Waals surface area contributed by atoms with Gasteiger partial charge in [-0.25, -0.2) is 0 Å². The Bertz CT molecular complexity index is 1050. The van der Waals surface area contributed by atoms with Crippen LogP contribution in [0.5, 0.6) is 0 Å². The van der Waals surface area contributed by atoms with Crippen LogP contribution in [-0.2, 0) is 4.79 Å². The van der Waals surface area contributed by atoms with Crippen LogP contribution in [0.25, 0.3) is 0 Å². The Kier molecular flexibility index (Phi) is 4.51. The highest BCUT2D eigenvalue weighted by Gasteiger charge is 2.38. The van der Waals surface area contributed by atoms with E-state index >= 15 is 0 Å². The molecule has 0 spiro atoms. The molecular weight excluding hydrogens is 389 g/mol. The van der Waals surface area contributed by atoms with E-state index in [0.29, 0.717) is 33.0 Å². The van der Waals surface area contributed by atoms with Crippen molar-refractivity contribution in [2.24, 2.45) is 0 Å². The minimum Gasteiger partial charge on any atom is -0.321 e. The number of nitrogens with zero attached hydrogens (tertiary/aromatic N) is 4. The second-order valence-corrected chi connectivity index (χ2v) is 6.74. The van der Waals surface area contributed by atoms with Gasteiger partial charge in [0.1, 0.15) is 5.21 Å². The molecule has 2 aromatic heterocycles. The fourth-order valence-corrected chi connectivity index (χ4v) is 3.28. The molecule has 1 aromatic carbocycles. The van der Waals surface area contributed by atoms with Gasteiger partial charge in [0.2, 0.25) is 0 Å². The van der Waals surface area contributed by atoms with Crippen LogP contribution in [-0.4, -0.2) is 26.4 Å². The lowest BCUT2D eigenvalue weighted by Crippen LogP contribution is -2.50. The van der Waals surface area contributed by atoms with E-state index < -0.39 is 6.04 Å². The van der Waals surface area contributed by atoms with Crippen LogP contribution in [0.4, 0.5) is 11.6 Å². The number of aromatic amines is 1. The molecule has 0 aliphatic carbocycles. The lowest BCUT2D eigenvalue weighted by Gasteiger charge is -2.24. The summed E-state index contributed by atoms with van der Waals surface area (Å²) < 4.78 is 1.66. The zero-order valence-corrected chi connectivity index (χ0v) is 15.6. The van der Waals surface area contributed by atoms with E-state index in [4.69, 9.17) is 23.2 Å². The molecule has 0 fully saturated rings. The number of H-pyrrole nitrogens is 1. The maximum atomic E-state index is 13.1. The first-order chi connectivity index (χ1) is 13.0. The summed E-state index contributed by atoms with van der Waals surface area (Å²) in [6, 6.07) is 8.23. The molecule has 10 heteroatoms. The Morgan fingerprint density at radius 3 is 2.85 bits per heavy atom. The molecule has 1 atom stereocenters. The fraction of sp³-hybridized carbons (Fsp3) is 0.118. The lowest BCUT2D eigenvalue weighted by molar-refractivity contribution is -0.750. The molecule has 8 nitrogen and oxygen atoms in total. The zero-order valence-electron chi connectivity index (χ0n) is 14.1. The third kappa shape index (κ3) is 3.24. The molecule has 1 aliphatic heterocycles. The lowest BCUT2D eigenvalue weighted by atomic mass is 9.95. The Balaban J connectivity index is 1.79. The second-order valence-electron chi connectivity index (χ2n) is 5.93. The smallest absolute Gasteiger partial charge is 0.321 e. The minimum absolute atomic E-state index is 0.281. The summed E-state index contributed by atoms with van der Waals surface area (Å²) >= 11 is 12.3. The summed E-state index contributed by atoms with van der Waals surface area (Å²) in [5.74, 6) is 0.207. The van der Waals surface area contributed by atoms with Crippen molar-refractivity contribution >= 4 is 40.7 Å². The van der Waals surface area contributed by atoms with Crippen molar-refractivity contribution in [2.45, 2.75) is 13.0 Å². The molecule has 3 aromatic rings. The van der Waals surface area contributed by atoms with Gasteiger partial charge < -0.3 is 5.32 Å². The van der Waals surface area contributed by atoms with E-state index in [2.05, 4.69) is 31.1 Å². The molecule has 0 saturated heterocycles. The van der Waals surface area contributed by atoms with E-state index in [-0.39, 0.29) is 5.91 Å². The zero-order chi connectivity index (χ0) is 19.0. The summed E-state index contributed by atoms with van der Waals surface area (Å²) in [7, 11) is 0. The molecule has 27 heavy (non-hydrogen) atoms. The van der Waals surface area contributed by atoms with Crippen molar-refractivity contribution in [3.63, 3.8) is 0 Å². The molecule has 1 aliphatic rings. The number of aromatic nitrogens is 5. The first-order valence-electron chi connectivity index (χ1n) is 8.01. The number of halogens is 2. The largest absolute Gasteiger partial charge is 0.405 e. The van der Waals surface area contributed by atoms with Crippen LogP contribution in [0.15, 0.2) is 54.0 Å². The number of benzene rings is 1. The number of carbonyl (C=O) groups excluding carboxylic acids is 1. The topological polar surface area (TPSA) is 99.5 Å². The van der Waals surface area contributed by atoms with Gasteiger partial charge in [0.15, 0.2) is 6.04 Å². The first-order valence-corrected chi connectivity index (χ1v) is 8.77. The molecule has 1 unspecified atom stereocenters. The molecule has 4 rings (SSSR count). The molecule has 3 heterocycles. The predicted octanol–water partition coefficient (Wildman–Crippen LogP) is 2.72. The van der Waals surface area contributed by atoms with Crippen LogP contribution >= 0.6 is 23.2 Å². The molecule has 136 valence electrons. The fourth-order valence-electron chi connectivity index (χ4n) is 2.98. The minimum atomic E-state index is -0.511. The van der Waals surface area contributed by atoms with Crippen LogP contribution < -0.4 is 15.3 Å². The number of carbonyl (C=O) groups is 1. The maximum Gasteiger partial charge on any atom is 0.405 e. The average Bonchev–Trinajstić information content (AvgIpc) is 3.11. The van der Waals surface area contributed by atoms with Gasteiger partial charge in [0.25, 0.3) is 5.91 Å². The standard InChI is InChI=1S/C17H13Cl2N7O/c1-9-14(16(27)22-11-3-2-6-20-8-11)15(26-17(21-9)23-24-25-26)10-4-5-12(18)13(19)7-10/h2-8,15H,1H3,(H2,21,22,23,25,27)/p+1.